The molecule has 102 valence electrons. The van der Waals surface area contributed by atoms with Gasteiger partial charge in [-0.25, -0.2) is 0 Å². The van der Waals surface area contributed by atoms with E-state index in [-0.39, 0.29) is 5.41 Å². The number of hydrogen-bond acceptors (Lipinski definition) is 4. The average Bonchev–Trinajstić information content (AvgIpc) is 2.45. The van der Waals surface area contributed by atoms with E-state index < -0.39 is 12.1 Å². The normalized spacial score (nSPS) is 37.1. The van der Waals surface area contributed by atoms with Gasteiger partial charge in [0.2, 0.25) is 0 Å². The maximum absolute atomic E-state index is 9.30. The van der Waals surface area contributed by atoms with E-state index in [0.29, 0.717) is 26.1 Å². The number of hydrogen-bond donors (Lipinski definition) is 0. The van der Waals surface area contributed by atoms with Crippen molar-refractivity contribution in [1.29, 1.82) is 5.26 Å². The Hall–Kier alpha value is -1.33. The summed E-state index contributed by atoms with van der Waals surface area (Å²) in [7, 11) is 0. The molecule has 0 N–H and O–H groups in total. The van der Waals surface area contributed by atoms with E-state index >= 15 is 0 Å². The van der Waals surface area contributed by atoms with Crippen LogP contribution in [0.25, 0.3) is 0 Å². The van der Waals surface area contributed by atoms with Crippen molar-refractivity contribution in [1.82, 2.24) is 0 Å². The van der Waals surface area contributed by atoms with Crippen molar-refractivity contribution in [3.8, 4) is 18.4 Å². The quantitative estimate of drug-likeness (QED) is 0.713. The minimum Gasteiger partial charge on any atom is -0.327 e. The Bertz CT molecular complexity index is 422. The first-order valence-corrected chi connectivity index (χ1v) is 6.67. The molecule has 0 radical (unpaired) electrons. The number of allylic oxidation sites excluding steroid dienone is 2. The molecule has 0 amide bonds. The molecule has 0 saturated carbocycles. The number of nitrogens with zero attached hydrogens (tertiary/aromatic N) is 1. The Morgan fingerprint density at radius 2 is 2.11 bits per heavy atom. The number of terminal acetylenes is 1. The smallest absolute Gasteiger partial charge is 0.284 e. The van der Waals surface area contributed by atoms with Crippen LogP contribution in [0.4, 0.5) is 0 Å². The summed E-state index contributed by atoms with van der Waals surface area (Å²) in [5, 5.41) is 9.30. The second kappa shape index (κ2) is 5.75. The molecule has 19 heavy (non-hydrogen) atoms. The van der Waals surface area contributed by atoms with Crippen LogP contribution in [-0.4, -0.2) is 25.3 Å². The SMILES string of the molecule is C#C/C=C/CCC12OCC(CCC)(CO1)C(C#N)O2. The van der Waals surface area contributed by atoms with Crippen LogP contribution in [-0.2, 0) is 14.2 Å². The minimum absolute atomic E-state index is 0.306. The van der Waals surface area contributed by atoms with E-state index in [9.17, 15) is 5.26 Å². The Balaban J connectivity index is 2.03. The van der Waals surface area contributed by atoms with Crippen LogP contribution < -0.4 is 0 Å². The van der Waals surface area contributed by atoms with Gasteiger partial charge < -0.3 is 14.2 Å². The molecule has 4 nitrogen and oxygen atoms in total. The van der Waals surface area contributed by atoms with E-state index in [4.69, 9.17) is 20.6 Å². The van der Waals surface area contributed by atoms with E-state index in [1.54, 1.807) is 6.08 Å². The first kappa shape index (κ1) is 14.1. The van der Waals surface area contributed by atoms with Gasteiger partial charge in [-0.3, -0.25) is 0 Å². The minimum atomic E-state index is -1.06. The third-order valence-electron chi connectivity index (χ3n) is 3.71. The van der Waals surface area contributed by atoms with Crippen molar-refractivity contribution < 1.29 is 14.2 Å². The van der Waals surface area contributed by atoms with Crippen LogP contribution in [0.5, 0.6) is 0 Å². The molecule has 0 spiro atoms. The zero-order valence-electron chi connectivity index (χ0n) is 11.2. The molecule has 0 aliphatic carbocycles. The molecule has 3 aliphatic rings. The molecule has 1 unspecified atom stereocenters. The molecule has 3 aliphatic heterocycles. The molecular formula is C15H19NO3. The summed E-state index contributed by atoms with van der Waals surface area (Å²) >= 11 is 0. The lowest BCUT2D eigenvalue weighted by Gasteiger charge is -2.54. The Morgan fingerprint density at radius 1 is 1.37 bits per heavy atom. The van der Waals surface area contributed by atoms with Gasteiger partial charge in [-0.2, -0.15) is 5.26 Å². The van der Waals surface area contributed by atoms with Crippen LogP contribution in [0.3, 0.4) is 0 Å². The molecule has 1 atom stereocenters. The van der Waals surface area contributed by atoms with Gasteiger partial charge in [0.15, 0.2) is 6.10 Å². The van der Waals surface area contributed by atoms with E-state index in [1.807, 2.05) is 6.08 Å². The first-order chi connectivity index (χ1) is 9.20. The monoisotopic (exact) mass is 261 g/mol. The van der Waals surface area contributed by atoms with Crippen molar-refractivity contribution in [3.63, 3.8) is 0 Å². The molecule has 0 aromatic heterocycles. The molecular weight excluding hydrogens is 242 g/mol. The van der Waals surface area contributed by atoms with Gasteiger partial charge in [0.25, 0.3) is 5.97 Å². The summed E-state index contributed by atoms with van der Waals surface area (Å²) in [5.41, 5.74) is -0.306. The van der Waals surface area contributed by atoms with Gasteiger partial charge in [0.1, 0.15) is 0 Å². The van der Waals surface area contributed by atoms with Gasteiger partial charge >= 0.3 is 0 Å². The molecule has 3 heterocycles. The Labute approximate surface area is 114 Å². The predicted molar refractivity (Wildman–Crippen MR) is 69.7 cm³/mol. The van der Waals surface area contributed by atoms with Crippen molar-refractivity contribution in [2.45, 2.75) is 44.7 Å². The first-order valence-electron chi connectivity index (χ1n) is 6.67. The van der Waals surface area contributed by atoms with Crippen molar-refractivity contribution in [3.05, 3.63) is 12.2 Å². The summed E-state index contributed by atoms with van der Waals surface area (Å²) in [6.07, 6.45) is 11.3. The maximum atomic E-state index is 9.30. The summed E-state index contributed by atoms with van der Waals surface area (Å²) in [5.74, 6) is 1.37. The van der Waals surface area contributed by atoms with Gasteiger partial charge in [-0.05, 0) is 18.9 Å². The molecule has 0 aromatic rings. The highest BCUT2D eigenvalue weighted by atomic mass is 16.9. The lowest BCUT2D eigenvalue weighted by molar-refractivity contribution is -0.482. The third-order valence-corrected chi connectivity index (χ3v) is 3.71. The summed E-state index contributed by atoms with van der Waals surface area (Å²) in [6, 6.07) is 2.25. The van der Waals surface area contributed by atoms with Crippen LogP contribution in [0.2, 0.25) is 0 Å². The summed E-state index contributed by atoms with van der Waals surface area (Å²) in [6.45, 7) is 3.14. The fourth-order valence-electron chi connectivity index (χ4n) is 2.67. The van der Waals surface area contributed by atoms with Gasteiger partial charge in [0.05, 0.1) is 24.7 Å². The molecule has 2 bridgehead atoms. The second-order valence-electron chi connectivity index (χ2n) is 5.11. The Kier molecular flexibility index (Phi) is 4.27. The van der Waals surface area contributed by atoms with Gasteiger partial charge in [0, 0.05) is 6.42 Å². The zero-order chi connectivity index (χ0) is 13.8. The van der Waals surface area contributed by atoms with Crippen molar-refractivity contribution in [2.75, 3.05) is 13.2 Å². The molecule has 0 aromatic carbocycles. The largest absolute Gasteiger partial charge is 0.327 e. The predicted octanol–water partition coefficient (Wildman–Crippen LogP) is 2.37. The third kappa shape index (κ3) is 2.67. The highest BCUT2D eigenvalue weighted by Crippen LogP contribution is 2.47. The van der Waals surface area contributed by atoms with Crippen LogP contribution in [0, 0.1) is 29.1 Å². The molecule has 3 rings (SSSR count). The fourth-order valence-corrected chi connectivity index (χ4v) is 2.67. The highest BCUT2D eigenvalue weighted by molar-refractivity contribution is 5.09. The van der Waals surface area contributed by atoms with E-state index in [2.05, 4.69) is 18.9 Å². The molecule has 3 saturated heterocycles. The lowest BCUT2D eigenvalue weighted by atomic mass is 9.78. The number of ether oxygens (including phenoxy) is 3. The zero-order valence-corrected chi connectivity index (χ0v) is 11.2. The number of fused-ring (bicyclic) bond motifs is 3. The van der Waals surface area contributed by atoms with Crippen LogP contribution in [0.15, 0.2) is 12.2 Å². The number of nitriles is 1. The van der Waals surface area contributed by atoms with Crippen molar-refractivity contribution >= 4 is 0 Å². The Morgan fingerprint density at radius 3 is 2.68 bits per heavy atom. The summed E-state index contributed by atoms with van der Waals surface area (Å²) in [4.78, 5) is 0. The maximum Gasteiger partial charge on any atom is 0.284 e. The highest BCUT2D eigenvalue weighted by Gasteiger charge is 2.57. The molecule has 3 fully saturated rings. The lowest BCUT2D eigenvalue weighted by Crippen LogP contribution is -2.64. The topological polar surface area (TPSA) is 51.5 Å². The van der Waals surface area contributed by atoms with E-state index in [1.165, 1.54) is 0 Å². The number of rotatable bonds is 5. The van der Waals surface area contributed by atoms with Crippen LogP contribution >= 0.6 is 0 Å². The summed E-state index contributed by atoms with van der Waals surface area (Å²) < 4.78 is 17.3. The average molecular weight is 261 g/mol. The second-order valence-corrected chi connectivity index (χ2v) is 5.11. The van der Waals surface area contributed by atoms with Crippen molar-refractivity contribution in [2.24, 2.45) is 5.41 Å². The van der Waals surface area contributed by atoms with Crippen LogP contribution in [0.1, 0.15) is 32.6 Å². The standard InChI is InChI=1S/C15H19NO3/c1-3-5-6-7-9-15-17-11-14(8-4-2,12-18-15)13(10-16)19-15/h1,5-6,13H,4,7-9,11-12H2,2H3/b6-5+. The fraction of sp³-hybridized carbons (Fsp3) is 0.667. The van der Waals surface area contributed by atoms with E-state index in [0.717, 1.165) is 12.8 Å². The van der Waals surface area contributed by atoms with Gasteiger partial charge in [-0.15, -0.1) is 6.42 Å². The molecule has 4 heteroatoms. The van der Waals surface area contributed by atoms with Gasteiger partial charge in [-0.1, -0.05) is 25.3 Å².